The van der Waals surface area contributed by atoms with Crippen LogP contribution in [0.4, 0.5) is 4.39 Å². The SMILES string of the molecule is N#CC1=C(N)S[C@@H](c2ccc(F)cc2)[C@@H]([N+](=O)[O-])[C@H]1c1ccccc1Cl. The van der Waals surface area contributed by atoms with Crippen LogP contribution in [0, 0.1) is 27.3 Å². The second-order valence-electron chi connectivity index (χ2n) is 5.75. The van der Waals surface area contributed by atoms with Gasteiger partial charge in [-0.2, -0.15) is 5.26 Å². The van der Waals surface area contributed by atoms with E-state index in [9.17, 15) is 19.8 Å². The van der Waals surface area contributed by atoms with Crippen LogP contribution < -0.4 is 5.73 Å². The van der Waals surface area contributed by atoms with E-state index in [4.69, 9.17) is 17.3 Å². The number of rotatable bonds is 3. The third-order valence-corrected chi connectivity index (χ3v) is 5.91. The molecule has 0 aromatic heterocycles. The lowest BCUT2D eigenvalue weighted by Crippen LogP contribution is -2.37. The second kappa shape index (κ2) is 7.36. The zero-order valence-corrected chi connectivity index (χ0v) is 14.9. The average molecular weight is 390 g/mol. The molecule has 1 aliphatic rings. The summed E-state index contributed by atoms with van der Waals surface area (Å²) < 4.78 is 13.3. The first-order chi connectivity index (χ1) is 12.4. The molecule has 0 unspecified atom stereocenters. The minimum absolute atomic E-state index is 0.128. The molecule has 0 amide bonds. The van der Waals surface area contributed by atoms with Gasteiger partial charge in [0.2, 0.25) is 6.04 Å². The first-order valence-corrected chi connectivity index (χ1v) is 8.89. The first kappa shape index (κ1) is 18.2. The summed E-state index contributed by atoms with van der Waals surface area (Å²) in [5.74, 6) is -1.32. The Bertz CT molecular complexity index is 927. The molecule has 3 atom stereocenters. The number of benzene rings is 2. The van der Waals surface area contributed by atoms with Crippen LogP contribution in [0.3, 0.4) is 0 Å². The number of hydrogen-bond acceptors (Lipinski definition) is 5. The molecule has 26 heavy (non-hydrogen) atoms. The molecule has 5 nitrogen and oxygen atoms in total. The smallest absolute Gasteiger partial charge is 0.240 e. The molecule has 3 rings (SSSR count). The Morgan fingerprint density at radius 2 is 1.88 bits per heavy atom. The van der Waals surface area contributed by atoms with E-state index < -0.39 is 28.0 Å². The van der Waals surface area contributed by atoms with Gasteiger partial charge in [0, 0.05) is 9.95 Å². The summed E-state index contributed by atoms with van der Waals surface area (Å²) >= 11 is 7.31. The number of halogens is 2. The van der Waals surface area contributed by atoms with Crippen molar-refractivity contribution in [3.63, 3.8) is 0 Å². The highest BCUT2D eigenvalue weighted by molar-refractivity contribution is 8.03. The number of hydrogen-bond donors (Lipinski definition) is 1. The van der Waals surface area contributed by atoms with E-state index in [0.29, 0.717) is 16.1 Å². The van der Waals surface area contributed by atoms with Crippen molar-refractivity contribution in [3.8, 4) is 6.07 Å². The highest BCUT2D eigenvalue weighted by Gasteiger charge is 2.48. The van der Waals surface area contributed by atoms with Crippen molar-refractivity contribution < 1.29 is 9.31 Å². The maximum Gasteiger partial charge on any atom is 0.240 e. The summed E-state index contributed by atoms with van der Waals surface area (Å²) in [6.07, 6.45) is 0. The molecule has 132 valence electrons. The van der Waals surface area contributed by atoms with Crippen molar-refractivity contribution in [2.45, 2.75) is 17.2 Å². The molecule has 1 heterocycles. The van der Waals surface area contributed by atoms with Crippen LogP contribution in [0.2, 0.25) is 5.02 Å². The lowest BCUT2D eigenvalue weighted by atomic mass is 9.82. The maximum absolute atomic E-state index is 13.3. The molecule has 8 heteroatoms. The Morgan fingerprint density at radius 1 is 1.23 bits per heavy atom. The largest absolute Gasteiger partial charge is 0.393 e. The predicted molar refractivity (Wildman–Crippen MR) is 98.5 cm³/mol. The van der Waals surface area contributed by atoms with Gasteiger partial charge in [0.25, 0.3) is 0 Å². The highest BCUT2D eigenvalue weighted by atomic mass is 35.5. The van der Waals surface area contributed by atoms with Crippen LogP contribution in [0.1, 0.15) is 22.3 Å². The molecule has 0 saturated carbocycles. The van der Waals surface area contributed by atoms with Gasteiger partial charge in [0.15, 0.2) is 0 Å². The van der Waals surface area contributed by atoms with E-state index in [0.717, 1.165) is 11.8 Å². The summed E-state index contributed by atoms with van der Waals surface area (Å²) in [7, 11) is 0. The summed E-state index contributed by atoms with van der Waals surface area (Å²) in [6.45, 7) is 0. The molecule has 0 spiro atoms. The van der Waals surface area contributed by atoms with Crippen LogP contribution in [0.15, 0.2) is 59.1 Å². The first-order valence-electron chi connectivity index (χ1n) is 7.63. The molecular weight excluding hydrogens is 377 g/mol. The fourth-order valence-electron chi connectivity index (χ4n) is 3.11. The minimum atomic E-state index is -1.17. The van der Waals surface area contributed by atoms with E-state index in [1.165, 1.54) is 24.3 Å². The maximum atomic E-state index is 13.3. The number of thioether (sulfide) groups is 1. The van der Waals surface area contributed by atoms with Gasteiger partial charge in [-0.05, 0) is 29.3 Å². The van der Waals surface area contributed by atoms with Crippen molar-refractivity contribution in [2.24, 2.45) is 5.73 Å². The molecule has 0 fully saturated rings. The van der Waals surface area contributed by atoms with Crippen molar-refractivity contribution in [1.82, 2.24) is 0 Å². The lowest BCUT2D eigenvalue weighted by Gasteiger charge is -2.32. The van der Waals surface area contributed by atoms with Crippen LogP contribution >= 0.6 is 23.4 Å². The summed E-state index contributed by atoms with van der Waals surface area (Å²) in [5.41, 5.74) is 7.24. The zero-order chi connectivity index (χ0) is 18.8. The molecule has 2 aromatic carbocycles. The van der Waals surface area contributed by atoms with E-state index >= 15 is 0 Å². The molecule has 2 aromatic rings. The van der Waals surface area contributed by atoms with E-state index in [1.54, 1.807) is 24.3 Å². The Balaban J connectivity index is 2.20. The zero-order valence-electron chi connectivity index (χ0n) is 13.3. The molecule has 1 aliphatic heterocycles. The van der Waals surface area contributed by atoms with Gasteiger partial charge in [-0.1, -0.05) is 53.7 Å². The number of nitro groups is 1. The van der Waals surface area contributed by atoms with Crippen LogP contribution in [-0.4, -0.2) is 11.0 Å². The monoisotopic (exact) mass is 389 g/mol. The predicted octanol–water partition coefficient (Wildman–Crippen LogP) is 4.39. The third-order valence-electron chi connectivity index (χ3n) is 4.28. The number of nitrogens with two attached hydrogens (primary N) is 1. The van der Waals surface area contributed by atoms with Crippen molar-refractivity contribution in [2.75, 3.05) is 0 Å². The molecule has 0 bridgehead atoms. The number of nitrogens with zero attached hydrogens (tertiary/aromatic N) is 2. The Hall–Kier alpha value is -2.56. The van der Waals surface area contributed by atoms with Crippen LogP contribution in [0.5, 0.6) is 0 Å². The minimum Gasteiger partial charge on any atom is -0.393 e. The second-order valence-corrected chi connectivity index (χ2v) is 7.35. The van der Waals surface area contributed by atoms with Gasteiger partial charge in [-0.25, -0.2) is 4.39 Å². The number of nitriles is 1. The molecule has 0 radical (unpaired) electrons. The third kappa shape index (κ3) is 3.26. The van der Waals surface area contributed by atoms with Gasteiger partial charge in [0.1, 0.15) is 11.1 Å². The van der Waals surface area contributed by atoms with E-state index in [-0.39, 0.29) is 10.6 Å². The van der Waals surface area contributed by atoms with Crippen molar-refractivity contribution >= 4 is 23.4 Å². The Labute approximate surface area is 158 Å². The quantitative estimate of drug-likeness (QED) is 0.620. The van der Waals surface area contributed by atoms with E-state index in [1.807, 2.05) is 6.07 Å². The fourth-order valence-corrected chi connectivity index (χ4v) is 4.63. The average Bonchev–Trinajstić information content (AvgIpc) is 2.61. The normalized spacial score (nSPS) is 22.7. The highest BCUT2D eigenvalue weighted by Crippen LogP contribution is 2.51. The van der Waals surface area contributed by atoms with Gasteiger partial charge in [-0.3, -0.25) is 10.1 Å². The van der Waals surface area contributed by atoms with Crippen molar-refractivity contribution in [3.05, 3.63) is 91.2 Å². The van der Waals surface area contributed by atoms with Gasteiger partial charge < -0.3 is 5.73 Å². The Kier molecular flexibility index (Phi) is 5.16. The van der Waals surface area contributed by atoms with Crippen LogP contribution in [0.25, 0.3) is 0 Å². The molecule has 0 aliphatic carbocycles. The molecular formula is C18H13ClFN3O2S. The van der Waals surface area contributed by atoms with E-state index in [2.05, 4.69) is 0 Å². The lowest BCUT2D eigenvalue weighted by molar-refractivity contribution is -0.525. The van der Waals surface area contributed by atoms with Gasteiger partial charge in [0.05, 0.1) is 22.6 Å². The standard InChI is InChI=1S/C18H13ClFN3O2S/c19-14-4-2-1-3-12(14)15-13(9-21)18(22)26-17(16(15)23(24)25)10-5-7-11(20)8-6-10/h1-8,15-17H,22H2/t15-,16-,17-/m0/s1. The topological polar surface area (TPSA) is 93.0 Å². The Morgan fingerprint density at radius 3 is 2.46 bits per heavy atom. The van der Waals surface area contributed by atoms with Crippen molar-refractivity contribution in [1.29, 1.82) is 5.26 Å². The fraction of sp³-hybridized carbons (Fsp3) is 0.167. The van der Waals surface area contributed by atoms with Crippen LogP contribution in [-0.2, 0) is 0 Å². The summed E-state index contributed by atoms with van der Waals surface area (Å²) in [5, 5.41) is 21.4. The summed E-state index contributed by atoms with van der Waals surface area (Å²) in [4.78, 5) is 11.6. The molecule has 0 saturated heterocycles. The van der Waals surface area contributed by atoms with Gasteiger partial charge >= 0.3 is 0 Å². The molecule has 2 N–H and O–H groups in total. The van der Waals surface area contributed by atoms with Gasteiger partial charge in [-0.15, -0.1) is 0 Å². The summed E-state index contributed by atoms with van der Waals surface area (Å²) in [6, 6.07) is 13.0.